The zero-order valence-corrected chi connectivity index (χ0v) is 13.2. The monoisotopic (exact) mass is 316 g/mol. The Morgan fingerprint density at radius 3 is 2.41 bits per heavy atom. The van der Waals surface area contributed by atoms with Crippen LogP contribution in [0.3, 0.4) is 0 Å². The van der Waals surface area contributed by atoms with Crippen LogP contribution in [0, 0.1) is 11.3 Å². The summed E-state index contributed by atoms with van der Waals surface area (Å²) in [6.45, 7) is 0. The van der Waals surface area contributed by atoms with Gasteiger partial charge in [0.25, 0.3) is 0 Å². The van der Waals surface area contributed by atoms with Crippen molar-refractivity contribution in [2.45, 2.75) is 0 Å². The van der Waals surface area contributed by atoms with Crippen molar-refractivity contribution in [2.24, 2.45) is 0 Å². The maximum absolute atomic E-state index is 9.38. The first-order valence-corrected chi connectivity index (χ1v) is 6.37. The fourth-order valence-electron chi connectivity index (χ4n) is 2.00. The molecule has 0 bridgehead atoms. The molecule has 5 heteroatoms. The minimum Gasteiger partial charge on any atom is -0.493 e. The summed E-state index contributed by atoms with van der Waals surface area (Å²) in [6, 6.07) is 14.9. The van der Waals surface area contributed by atoms with Crippen molar-refractivity contribution in [3.63, 3.8) is 0 Å². The molecule has 0 saturated heterocycles. The van der Waals surface area contributed by atoms with Gasteiger partial charge in [0.15, 0.2) is 11.5 Å². The molecule has 0 heterocycles. The summed E-state index contributed by atoms with van der Waals surface area (Å²) in [5.41, 5.74) is 8.58. The Balaban J connectivity index is 0.00000242. The summed E-state index contributed by atoms with van der Waals surface area (Å²) in [6.07, 6.45) is 1.79. The average Bonchev–Trinajstić information content (AvgIpc) is 2.52. The van der Waals surface area contributed by atoms with Crippen LogP contribution in [0.5, 0.6) is 11.5 Å². The first kappa shape index (κ1) is 17.4. The summed E-state index contributed by atoms with van der Waals surface area (Å²) in [7, 11) is 3.14. The maximum atomic E-state index is 9.38. The SMILES string of the molecule is COc1ccc(C(C#N)=Cc2cccc(N)c2)cc1OC.Cl. The van der Waals surface area contributed by atoms with Gasteiger partial charge in [-0.2, -0.15) is 5.26 Å². The molecule has 4 nitrogen and oxygen atoms in total. The molecule has 2 N–H and O–H groups in total. The van der Waals surface area contributed by atoms with E-state index < -0.39 is 0 Å². The van der Waals surface area contributed by atoms with Gasteiger partial charge in [-0.1, -0.05) is 12.1 Å². The van der Waals surface area contributed by atoms with Crippen LogP contribution in [-0.2, 0) is 0 Å². The fraction of sp³-hybridized carbons (Fsp3) is 0.118. The molecular weight excluding hydrogens is 300 g/mol. The lowest BCUT2D eigenvalue weighted by atomic mass is 10.0. The average molecular weight is 317 g/mol. The van der Waals surface area contributed by atoms with Crippen LogP contribution >= 0.6 is 12.4 Å². The lowest BCUT2D eigenvalue weighted by Crippen LogP contribution is -1.92. The summed E-state index contributed by atoms with van der Waals surface area (Å²) in [4.78, 5) is 0. The molecule has 2 aromatic carbocycles. The Morgan fingerprint density at radius 1 is 1.09 bits per heavy atom. The van der Waals surface area contributed by atoms with Crippen molar-refractivity contribution in [1.82, 2.24) is 0 Å². The first-order valence-electron chi connectivity index (χ1n) is 6.37. The van der Waals surface area contributed by atoms with Gasteiger partial charge in [-0.3, -0.25) is 0 Å². The van der Waals surface area contributed by atoms with Crippen LogP contribution in [0.2, 0.25) is 0 Å². The van der Waals surface area contributed by atoms with E-state index in [0.717, 1.165) is 11.1 Å². The summed E-state index contributed by atoms with van der Waals surface area (Å²) in [5.74, 6) is 1.21. The number of benzene rings is 2. The molecule has 0 unspecified atom stereocenters. The first-order chi connectivity index (χ1) is 10.2. The van der Waals surface area contributed by atoms with Crippen LogP contribution in [0.1, 0.15) is 11.1 Å². The van der Waals surface area contributed by atoms with Crippen molar-refractivity contribution >= 4 is 29.7 Å². The lowest BCUT2D eigenvalue weighted by molar-refractivity contribution is 0.355. The summed E-state index contributed by atoms with van der Waals surface area (Å²) >= 11 is 0. The second-order valence-electron chi connectivity index (χ2n) is 4.41. The Hall–Kier alpha value is -2.64. The Labute approximate surface area is 136 Å². The van der Waals surface area contributed by atoms with Gasteiger partial charge in [-0.15, -0.1) is 12.4 Å². The number of allylic oxidation sites excluding steroid dienone is 1. The van der Waals surface area contributed by atoms with Gasteiger partial charge in [-0.05, 0) is 47.5 Å². The number of rotatable bonds is 4. The van der Waals surface area contributed by atoms with Gasteiger partial charge in [0.1, 0.15) is 0 Å². The van der Waals surface area contributed by atoms with E-state index in [2.05, 4.69) is 6.07 Å². The third-order valence-corrected chi connectivity index (χ3v) is 3.04. The number of methoxy groups -OCH3 is 2. The molecule has 0 saturated carbocycles. The standard InChI is InChI=1S/C17H16N2O2.ClH/c1-20-16-7-6-13(10-17(16)21-2)14(11-18)8-12-4-3-5-15(19)9-12;/h3-10H,19H2,1-2H3;1H. The van der Waals surface area contributed by atoms with Crippen molar-refractivity contribution in [1.29, 1.82) is 5.26 Å². The molecule has 0 fully saturated rings. The quantitative estimate of drug-likeness (QED) is 0.529. The normalized spacial score (nSPS) is 10.3. The Kier molecular flexibility index (Phi) is 6.30. The predicted molar refractivity (Wildman–Crippen MR) is 91.1 cm³/mol. The predicted octanol–water partition coefficient (Wildman–Crippen LogP) is 3.77. The molecule has 2 aromatic rings. The second kappa shape index (κ2) is 7.96. The molecule has 0 radical (unpaired) electrons. The number of anilines is 1. The topological polar surface area (TPSA) is 68.3 Å². The minimum atomic E-state index is 0. The van der Waals surface area contributed by atoms with Crippen LogP contribution < -0.4 is 15.2 Å². The molecule has 0 aliphatic carbocycles. The number of hydrogen-bond acceptors (Lipinski definition) is 4. The molecule has 22 heavy (non-hydrogen) atoms. The van der Waals surface area contributed by atoms with Crippen LogP contribution in [0.15, 0.2) is 42.5 Å². The molecule has 2 rings (SSSR count). The van der Waals surface area contributed by atoms with Crippen molar-refractivity contribution < 1.29 is 9.47 Å². The highest BCUT2D eigenvalue weighted by Gasteiger charge is 2.08. The van der Waals surface area contributed by atoms with Crippen molar-refractivity contribution in [3.05, 3.63) is 53.6 Å². The lowest BCUT2D eigenvalue weighted by Gasteiger charge is -2.09. The molecule has 0 atom stereocenters. The Bertz CT molecular complexity index is 721. The number of halogens is 1. The fourth-order valence-corrected chi connectivity index (χ4v) is 2.00. The number of nitrogens with zero attached hydrogens (tertiary/aromatic N) is 1. The van der Waals surface area contributed by atoms with E-state index in [4.69, 9.17) is 15.2 Å². The van der Waals surface area contributed by atoms with Gasteiger partial charge in [0.2, 0.25) is 0 Å². The number of ether oxygens (including phenoxy) is 2. The molecular formula is C17H17ClN2O2. The molecule has 0 aromatic heterocycles. The Morgan fingerprint density at radius 2 is 1.82 bits per heavy atom. The van der Waals surface area contributed by atoms with Gasteiger partial charge >= 0.3 is 0 Å². The smallest absolute Gasteiger partial charge is 0.161 e. The molecule has 0 spiro atoms. The molecule has 0 aliphatic rings. The molecule has 0 aliphatic heterocycles. The van der Waals surface area contributed by atoms with Crippen molar-refractivity contribution in [2.75, 3.05) is 20.0 Å². The van der Waals surface area contributed by atoms with E-state index >= 15 is 0 Å². The van der Waals surface area contributed by atoms with Gasteiger partial charge < -0.3 is 15.2 Å². The summed E-state index contributed by atoms with van der Waals surface area (Å²) < 4.78 is 10.5. The van der Waals surface area contributed by atoms with E-state index in [-0.39, 0.29) is 12.4 Å². The third-order valence-electron chi connectivity index (χ3n) is 3.04. The highest BCUT2D eigenvalue weighted by molar-refractivity contribution is 5.90. The number of nitriles is 1. The number of nitrogen functional groups attached to an aromatic ring is 1. The number of hydrogen-bond donors (Lipinski definition) is 1. The van der Waals surface area contributed by atoms with Gasteiger partial charge in [0.05, 0.1) is 25.9 Å². The van der Waals surface area contributed by atoms with E-state index in [9.17, 15) is 5.26 Å². The van der Waals surface area contributed by atoms with E-state index in [1.165, 1.54) is 0 Å². The molecule has 0 amide bonds. The highest BCUT2D eigenvalue weighted by Crippen LogP contribution is 2.30. The van der Waals surface area contributed by atoms with E-state index in [1.807, 2.05) is 24.3 Å². The van der Waals surface area contributed by atoms with Gasteiger partial charge in [-0.25, -0.2) is 0 Å². The van der Waals surface area contributed by atoms with Crippen LogP contribution in [-0.4, -0.2) is 14.2 Å². The maximum Gasteiger partial charge on any atom is 0.161 e. The second-order valence-corrected chi connectivity index (χ2v) is 4.41. The molecule has 114 valence electrons. The van der Waals surface area contributed by atoms with E-state index in [1.54, 1.807) is 38.5 Å². The van der Waals surface area contributed by atoms with Crippen LogP contribution in [0.4, 0.5) is 5.69 Å². The van der Waals surface area contributed by atoms with Gasteiger partial charge in [0, 0.05) is 5.69 Å². The third kappa shape index (κ3) is 3.94. The zero-order valence-electron chi connectivity index (χ0n) is 12.4. The van der Waals surface area contributed by atoms with Crippen molar-refractivity contribution in [3.8, 4) is 17.6 Å². The summed E-state index contributed by atoms with van der Waals surface area (Å²) in [5, 5.41) is 9.38. The zero-order chi connectivity index (χ0) is 15.2. The van der Waals surface area contributed by atoms with Crippen LogP contribution in [0.25, 0.3) is 11.6 Å². The van der Waals surface area contributed by atoms with E-state index in [0.29, 0.717) is 22.8 Å². The number of nitrogens with two attached hydrogens (primary N) is 1. The largest absolute Gasteiger partial charge is 0.493 e. The highest BCUT2D eigenvalue weighted by atomic mass is 35.5. The minimum absolute atomic E-state index is 0.